The molecule has 0 aliphatic heterocycles. The summed E-state index contributed by atoms with van der Waals surface area (Å²) in [6.45, 7) is 0.331. The Morgan fingerprint density at radius 1 is 1.06 bits per heavy atom. The van der Waals surface area contributed by atoms with Crippen LogP contribution in [0.5, 0.6) is 5.75 Å². The van der Waals surface area contributed by atoms with Crippen LogP contribution in [0.25, 0.3) is 11.0 Å². The smallest absolute Gasteiger partial charge is 0.287 e. The summed E-state index contributed by atoms with van der Waals surface area (Å²) in [5.74, 6) is -0.273. The van der Waals surface area contributed by atoms with E-state index in [0.717, 1.165) is 37.1 Å². The Kier molecular flexibility index (Phi) is 7.40. The molecule has 0 radical (unpaired) electrons. The Morgan fingerprint density at radius 2 is 1.85 bits per heavy atom. The number of rotatable bonds is 7. The van der Waals surface area contributed by atoms with Crippen LogP contribution in [0.3, 0.4) is 0 Å². The van der Waals surface area contributed by atoms with Crippen LogP contribution in [0.2, 0.25) is 10.0 Å². The molecule has 1 aliphatic rings. The molecule has 2 amide bonds. The zero-order valence-electron chi connectivity index (χ0n) is 17.7. The van der Waals surface area contributed by atoms with Crippen LogP contribution in [-0.4, -0.2) is 31.0 Å². The predicted molar refractivity (Wildman–Crippen MR) is 124 cm³/mol. The number of fused-ring (bicyclic) bond motifs is 1. The van der Waals surface area contributed by atoms with E-state index >= 15 is 0 Å². The summed E-state index contributed by atoms with van der Waals surface area (Å²) in [5, 5.41) is 7.26. The fourth-order valence-electron chi connectivity index (χ4n) is 3.92. The maximum atomic E-state index is 13.4. The normalized spacial score (nSPS) is 18.2. The standard InChI is InChI=1S/C24H23Cl2FN2O4/c25-16-3-8-21-15(9-16)10-22(33-21)24(31)29-17-4-1-14(2-5-17)12-28-23(30)13-32-18-6-7-19(26)20(27)11-18/h3,6-11,14,17H,1-2,4-5,12-13H2,(H,28,30)(H,29,31). The lowest BCUT2D eigenvalue weighted by Gasteiger charge is -2.29. The monoisotopic (exact) mass is 492 g/mol. The van der Waals surface area contributed by atoms with E-state index in [0.29, 0.717) is 23.1 Å². The number of amides is 2. The van der Waals surface area contributed by atoms with E-state index in [9.17, 15) is 14.0 Å². The maximum Gasteiger partial charge on any atom is 0.287 e. The van der Waals surface area contributed by atoms with Gasteiger partial charge in [0.1, 0.15) is 17.1 Å². The van der Waals surface area contributed by atoms with Crippen molar-refractivity contribution >= 4 is 46.0 Å². The van der Waals surface area contributed by atoms with E-state index in [-0.39, 0.29) is 41.0 Å². The van der Waals surface area contributed by atoms with E-state index in [1.165, 1.54) is 12.1 Å². The van der Waals surface area contributed by atoms with Gasteiger partial charge in [-0.15, -0.1) is 0 Å². The van der Waals surface area contributed by atoms with Crippen molar-refractivity contribution in [1.29, 1.82) is 0 Å². The zero-order chi connectivity index (χ0) is 23.4. The predicted octanol–water partition coefficient (Wildman–Crippen LogP) is 5.36. The number of carbonyl (C=O) groups is 2. The van der Waals surface area contributed by atoms with E-state index in [2.05, 4.69) is 10.6 Å². The number of hydrogen-bond acceptors (Lipinski definition) is 4. The van der Waals surface area contributed by atoms with Crippen molar-refractivity contribution in [2.24, 2.45) is 5.92 Å². The molecule has 0 saturated heterocycles. The second-order valence-corrected chi connectivity index (χ2v) is 9.00. The number of furan rings is 1. The van der Waals surface area contributed by atoms with Crippen molar-refractivity contribution < 1.29 is 23.1 Å². The van der Waals surface area contributed by atoms with Crippen LogP contribution in [0.1, 0.15) is 36.2 Å². The van der Waals surface area contributed by atoms with Crippen molar-refractivity contribution in [2.45, 2.75) is 31.7 Å². The van der Waals surface area contributed by atoms with Gasteiger partial charge in [0.05, 0.1) is 5.02 Å². The highest BCUT2D eigenvalue weighted by Gasteiger charge is 2.24. The summed E-state index contributed by atoms with van der Waals surface area (Å²) in [4.78, 5) is 24.6. The van der Waals surface area contributed by atoms with Crippen molar-refractivity contribution in [1.82, 2.24) is 10.6 Å². The Hall–Kier alpha value is -2.77. The van der Waals surface area contributed by atoms with E-state index in [1.807, 2.05) is 0 Å². The Bertz CT molecular complexity index is 1160. The molecule has 0 unspecified atom stereocenters. The number of benzene rings is 2. The molecule has 1 fully saturated rings. The lowest BCUT2D eigenvalue weighted by Crippen LogP contribution is -2.40. The van der Waals surface area contributed by atoms with E-state index < -0.39 is 5.82 Å². The summed E-state index contributed by atoms with van der Waals surface area (Å²) in [7, 11) is 0. The molecule has 4 rings (SSSR count). The average molecular weight is 493 g/mol. The van der Waals surface area contributed by atoms with Crippen LogP contribution >= 0.6 is 23.2 Å². The molecule has 33 heavy (non-hydrogen) atoms. The Morgan fingerprint density at radius 3 is 2.61 bits per heavy atom. The number of carbonyl (C=O) groups excluding carboxylic acids is 2. The summed E-state index contributed by atoms with van der Waals surface area (Å²) in [5.41, 5.74) is 0.620. The molecule has 0 bridgehead atoms. The van der Waals surface area contributed by atoms with Crippen molar-refractivity contribution in [3.63, 3.8) is 0 Å². The van der Waals surface area contributed by atoms with Gasteiger partial charge in [0.2, 0.25) is 0 Å². The third kappa shape index (κ3) is 6.18. The van der Waals surface area contributed by atoms with Crippen molar-refractivity contribution in [3.8, 4) is 5.75 Å². The van der Waals surface area contributed by atoms with Gasteiger partial charge in [-0.05, 0) is 68.0 Å². The molecular formula is C24H23Cl2FN2O4. The molecule has 1 aromatic heterocycles. The summed E-state index contributed by atoms with van der Waals surface area (Å²) < 4.78 is 24.3. The molecule has 0 spiro atoms. The van der Waals surface area contributed by atoms with Gasteiger partial charge in [0, 0.05) is 29.1 Å². The van der Waals surface area contributed by atoms with E-state index in [4.69, 9.17) is 32.4 Å². The molecule has 2 aromatic carbocycles. The molecule has 1 saturated carbocycles. The highest BCUT2D eigenvalue weighted by atomic mass is 35.5. The van der Waals surface area contributed by atoms with Crippen molar-refractivity contribution in [2.75, 3.05) is 13.2 Å². The zero-order valence-corrected chi connectivity index (χ0v) is 19.2. The molecule has 1 heterocycles. The van der Waals surface area contributed by atoms with Crippen LogP contribution in [0.15, 0.2) is 46.9 Å². The first kappa shape index (κ1) is 23.4. The number of ether oxygens (including phenoxy) is 1. The van der Waals surface area contributed by atoms with Crippen LogP contribution in [0.4, 0.5) is 4.39 Å². The molecule has 174 valence electrons. The van der Waals surface area contributed by atoms with E-state index in [1.54, 1.807) is 24.3 Å². The third-order valence-electron chi connectivity index (χ3n) is 5.73. The minimum absolute atomic E-state index is 0.00101. The quantitative estimate of drug-likeness (QED) is 0.464. The number of hydrogen-bond donors (Lipinski definition) is 2. The first-order valence-electron chi connectivity index (χ1n) is 10.7. The number of nitrogens with one attached hydrogen (secondary N) is 2. The Labute approximate surface area is 200 Å². The lowest BCUT2D eigenvalue weighted by molar-refractivity contribution is -0.123. The summed E-state index contributed by atoms with van der Waals surface area (Å²) in [6, 6.07) is 11.0. The second kappa shape index (κ2) is 10.4. The van der Waals surface area contributed by atoms with Crippen molar-refractivity contribution in [3.05, 3.63) is 64.1 Å². The minimum atomic E-state index is -0.594. The second-order valence-electron chi connectivity index (χ2n) is 8.15. The molecule has 0 atom stereocenters. The SMILES string of the molecule is O=C(COc1ccc(Cl)c(F)c1)NCC1CCC(NC(=O)c2cc3cc(Cl)ccc3o2)CC1. The first-order chi connectivity index (χ1) is 15.9. The highest BCUT2D eigenvalue weighted by Crippen LogP contribution is 2.26. The highest BCUT2D eigenvalue weighted by molar-refractivity contribution is 6.31. The number of halogens is 3. The topological polar surface area (TPSA) is 80.6 Å². The van der Waals surface area contributed by atoms with Gasteiger partial charge < -0.3 is 19.8 Å². The van der Waals surface area contributed by atoms with Gasteiger partial charge in [0.15, 0.2) is 12.4 Å². The molecule has 3 aromatic rings. The van der Waals surface area contributed by atoms with Gasteiger partial charge in [-0.2, -0.15) is 0 Å². The third-order valence-corrected chi connectivity index (χ3v) is 6.27. The summed E-state index contributed by atoms with van der Waals surface area (Å²) in [6.07, 6.45) is 3.40. The molecule has 6 nitrogen and oxygen atoms in total. The van der Waals surface area contributed by atoms with Crippen LogP contribution < -0.4 is 15.4 Å². The largest absolute Gasteiger partial charge is 0.484 e. The molecule has 1 aliphatic carbocycles. The molecule has 2 N–H and O–H groups in total. The van der Waals surface area contributed by atoms with Gasteiger partial charge in [-0.3, -0.25) is 9.59 Å². The molecular weight excluding hydrogens is 470 g/mol. The minimum Gasteiger partial charge on any atom is -0.484 e. The average Bonchev–Trinajstić information content (AvgIpc) is 3.23. The maximum absolute atomic E-state index is 13.4. The van der Waals surface area contributed by atoms with Crippen LogP contribution in [-0.2, 0) is 4.79 Å². The summed E-state index contributed by atoms with van der Waals surface area (Å²) >= 11 is 11.6. The van der Waals surface area contributed by atoms with Gasteiger partial charge in [0.25, 0.3) is 11.8 Å². The van der Waals surface area contributed by atoms with Gasteiger partial charge >= 0.3 is 0 Å². The molecule has 9 heteroatoms. The fraction of sp³-hybridized carbons (Fsp3) is 0.333. The fourth-order valence-corrected chi connectivity index (χ4v) is 4.22. The van der Waals surface area contributed by atoms with Gasteiger partial charge in [-0.25, -0.2) is 4.39 Å². The lowest BCUT2D eigenvalue weighted by atomic mass is 9.86. The van der Waals surface area contributed by atoms with Crippen LogP contribution in [0, 0.1) is 11.7 Å². The first-order valence-corrected chi connectivity index (χ1v) is 11.5. The Balaban J connectivity index is 1.17. The van der Waals surface area contributed by atoms with Gasteiger partial charge in [-0.1, -0.05) is 23.2 Å².